The fourth-order valence-electron chi connectivity index (χ4n) is 3.24. The van der Waals surface area contributed by atoms with Gasteiger partial charge in [-0.1, -0.05) is 12.1 Å². The fraction of sp³-hybridized carbons (Fsp3) is 0.429. The molecule has 0 aliphatic carbocycles. The van der Waals surface area contributed by atoms with Crippen molar-refractivity contribution in [2.24, 2.45) is 0 Å². The van der Waals surface area contributed by atoms with Crippen LogP contribution in [0, 0.1) is 0 Å². The number of carbonyl (C=O) groups is 2. The van der Waals surface area contributed by atoms with Crippen molar-refractivity contribution in [3.05, 3.63) is 36.7 Å². The number of hydrogen-bond acceptors (Lipinski definition) is 7. The van der Waals surface area contributed by atoms with Crippen LogP contribution in [-0.2, 0) is 9.59 Å². The summed E-state index contributed by atoms with van der Waals surface area (Å²) < 4.78 is 11.8. The monoisotopic (exact) mass is 414 g/mol. The summed E-state index contributed by atoms with van der Waals surface area (Å²) in [6, 6.07) is 7.62. The van der Waals surface area contributed by atoms with Crippen molar-refractivity contribution in [2.75, 3.05) is 29.9 Å². The molecule has 1 unspecified atom stereocenters. The number of nitrogens with one attached hydrogen (secondary N) is 1. The second kappa shape index (κ2) is 10.4. The summed E-state index contributed by atoms with van der Waals surface area (Å²) in [6.45, 7) is 3.94. The summed E-state index contributed by atoms with van der Waals surface area (Å²) in [5.41, 5.74) is 0. The molecule has 9 heteroatoms. The average molecular weight is 414 g/mol. The van der Waals surface area contributed by atoms with E-state index in [0.717, 1.165) is 30.9 Å². The van der Waals surface area contributed by atoms with Crippen LogP contribution in [0.2, 0.25) is 0 Å². The number of nitrogens with zero attached hydrogens (tertiary/aromatic N) is 3. The molecule has 1 aliphatic rings. The molecule has 1 aliphatic heterocycles. The highest BCUT2D eigenvalue weighted by Gasteiger charge is 2.24. The second-order valence-electron chi connectivity index (χ2n) is 6.91. The number of hydrogen-bond donors (Lipinski definition) is 2. The third-order valence-electron chi connectivity index (χ3n) is 4.60. The van der Waals surface area contributed by atoms with Crippen molar-refractivity contribution in [3.63, 3.8) is 0 Å². The van der Waals surface area contributed by atoms with Crippen molar-refractivity contribution in [1.82, 2.24) is 9.97 Å². The Labute approximate surface area is 175 Å². The number of aliphatic carboxylic acids is 1. The number of amides is 1. The van der Waals surface area contributed by atoms with Gasteiger partial charge >= 0.3 is 5.97 Å². The lowest BCUT2D eigenvalue weighted by atomic mass is 10.1. The molecule has 1 saturated heterocycles. The molecule has 9 nitrogen and oxygen atoms in total. The van der Waals surface area contributed by atoms with Crippen molar-refractivity contribution in [3.8, 4) is 11.5 Å². The van der Waals surface area contributed by atoms with Crippen LogP contribution in [0.1, 0.15) is 32.6 Å². The predicted molar refractivity (Wildman–Crippen MR) is 111 cm³/mol. The molecule has 2 aromatic rings. The fourth-order valence-corrected chi connectivity index (χ4v) is 3.24. The Morgan fingerprint density at radius 1 is 1.23 bits per heavy atom. The number of piperidine rings is 1. The highest BCUT2D eigenvalue weighted by molar-refractivity contribution is 5.91. The van der Waals surface area contributed by atoms with Gasteiger partial charge < -0.3 is 24.8 Å². The van der Waals surface area contributed by atoms with Gasteiger partial charge in [-0.15, -0.1) is 0 Å². The normalized spacial score (nSPS) is 16.0. The molecule has 160 valence electrons. The van der Waals surface area contributed by atoms with E-state index in [4.69, 9.17) is 14.6 Å². The Kier molecular flexibility index (Phi) is 7.42. The van der Waals surface area contributed by atoms with Crippen LogP contribution in [0.25, 0.3) is 0 Å². The van der Waals surface area contributed by atoms with E-state index in [1.165, 1.54) is 6.20 Å². The Morgan fingerprint density at radius 2 is 2.03 bits per heavy atom. The number of rotatable bonds is 9. The van der Waals surface area contributed by atoms with Gasteiger partial charge in [0.1, 0.15) is 11.9 Å². The van der Waals surface area contributed by atoms with Gasteiger partial charge in [0.05, 0.1) is 32.0 Å². The van der Waals surface area contributed by atoms with E-state index in [1.54, 1.807) is 6.20 Å². The summed E-state index contributed by atoms with van der Waals surface area (Å²) in [5.74, 6) is 0.955. The minimum atomic E-state index is -1.02. The van der Waals surface area contributed by atoms with Gasteiger partial charge in [-0.25, -0.2) is 4.98 Å². The number of para-hydroxylation sites is 2. The number of carboxylic acid groups (broad SMARTS) is 1. The van der Waals surface area contributed by atoms with E-state index in [0.29, 0.717) is 24.8 Å². The maximum absolute atomic E-state index is 11.9. The lowest BCUT2D eigenvalue weighted by Gasteiger charge is -2.33. The van der Waals surface area contributed by atoms with Gasteiger partial charge in [0, 0.05) is 13.0 Å². The molecule has 1 aromatic carbocycles. The zero-order valence-electron chi connectivity index (χ0n) is 16.9. The Morgan fingerprint density at radius 3 is 2.80 bits per heavy atom. The molecular formula is C21H26N4O5. The van der Waals surface area contributed by atoms with Crippen LogP contribution in [0.5, 0.6) is 11.5 Å². The third-order valence-corrected chi connectivity index (χ3v) is 4.60. The highest BCUT2D eigenvalue weighted by atomic mass is 16.5. The van der Waals surface area contributed by atoms with E-state index >= 15 is 0 Å². The first-order chi connectivity index (χ1) is 14.5. The van der Waals surface area contributed by atoms with E-state index in [-0.39, 0.29) is 18.9 Å². The average Bonchev–Trinajstić information content (AvgIpc) is 2.74. The quantitative estimate of drug-likeness (QED) is 0.644. The number of carbonyl (C=O) groups excluding carboxylic acids is 1. The minimum absolute atomic E-state index is 0.0315. The number of benzene rings is 1. The summed E-state index contributed by atoms with van der Waals surface area (Å²) in [6.07, 6.45) is 4.56. The number of ether oxygens (including phenoxy) is 2. The van der Waals surface area contributed by atoms with E-state index in [1.807, 2.05) is 31.2 Å². The van der Waals surface area contributed by atoms with Gasteiger partial charge in [0.15, 0.2) is 17.3 Å². The molecule has 2 N–H and O–H groups in total. The van der Waals surface area contributed by atoms with Gasteiger partial charge in [-0.2, -0.15) is 0 Å². The second-order valence-corrected chi connectivity index (χ2v) is 6.91. The summed E-state index contributed by atoms with van der Waals surface area (Å²) in [4.78, 5) is 33.1. The molecule has 0 radical (unpaired) electrons. The lowest BCUT2D eigenvalue weighted by Crippen LogP contribution is -2.41. The summed E-state index contributed by atoms with van der Waals surface area (Å²) >= 11 is 0. The molecule has 1 atom stereocenters. The summed E-state index contributed by atoms with van der Waals surface area (Å²) in [7, 11) is 0. The zero-order valence-corrected chi connectivity index (χ0v) is 16.9. The molecule has 1 aromatic heterocycles. The molecule has 3 rings (SSSR count). The SMILES string of the molecule is CCOc1ccccc1OC1CCCN(c2cncc(NC(=O)CCC(=O)O)n2)C1. The maximum Gasteiger partial charge on any atom is 0.303 e. The van der Waals surface area contributed by atoms with Crippen LogP contribution in [-0.4, -0.2) is 52.8 Å². The molecule has 1 fully saturated rings. The molecular weight excluding hydrogens is 388 g/mol. The first kappa shape index (κ1) is 21.4. The van der Waals surface area contributed by atoms with Crippen LogP contribution in [0.4, 0.5) is 11.6 Å². The van der Waals surface area contributed by atoms with Gasteiger partial charge in [-0.05, 0) is 31.9 Å². The van der Waals surface area contributed by atoms with Gasteiger partial charge in [-0.3, -0.25) is 14.6 Å². The van der Waals surface area contributed by atoms with E-state index < -0.39 is 11.9 Å². The molecule has 0 bridgehead atoms. The largest absolute Gasteiger partial charge is 0.490 e. The Balaban J connectivity index is 1.63. The van der Waals surface area contributed by atoms with E-state index in [9.17, 15) is 9.59 Å². The number of aromatic nitrogens is 2. The first-order valence-corrected chi connectivity index (χ1v) is 10.0. The van der Waals surface area contributed by atoms with Crippen molar-refractivity contribution in [1.29, 1.82) is 0 Å². The highest BCUT2D eigenvalue weighted by Crippen LogP contribution is 2.29. The van der Waals surface area contributed by atoms with Crippen LogP contribution in [0.15, 0.2) is 36.7 Å². The summed E-state index contributed by atoms with van der Waals surface area (Å²) in [5, 5.41) is 11.3. The Bertz CT molecular complexity index is 876. The molecule has 1 amide bonds. The minimum Gasteiger partial charge on any atom is -0.490 e. The van der Waals surface area contributed by atoms with Crippen LogP contribution < -0.4 is 19.7 Å². The number of carboxylic acids is 1. The molecule has 2 heterocycles. The molecule has 0 saturated carbocycles. The smallest absolute Gasteiger partial charge is 0.303 e. The van der Waals surface area contributed by atoms with Gasteiger partial charge in [0.25, 0.3) is 0 Å². The van der Waals surface area contributed by atoms with Gasteiger partial charge in [0.2, 0.25) is 5.91 Å². The standard InChI is InChI=1S/C21H26N4O5/c1-2-29-16-7-3-4-8-17(16)30-15-6-5-11-25(14-15)19-13-22-12-18(23-19)24-20(26)9-10-21(27)28/h3-4,7-8,12-13,15H,2,5-6,9-11,14H2,1H3,(H,27,28)(H,23,24,26). The maximum atomic E-state index is 11.9. The molecule has 0 spiro atoms. The van der Waals surface area contributed by atoms with E-state index in [2.05, 4.69) is 20.2 Å². The topological polar surface area (TPSA) is 114 Å². The van der Waals surface area contributed by atoms with Crippen LogP contribution in [0.3, 0.4) is 0 Å². The van der Waals surface area contributed by atoms with Crippen molar-refractivity contribution < 1.29 is 24.2 Å². The third kappa shape index (κ3) is 6.07. The first-order valence-electron chi connectivity index (χ1n) is 10.0. The zero-order chi connectivity index (χ0) is 21.3. The van der Waals surface area contributed by atoms with Crippen molar-refractivity contribution >= 4 is 23.5 Å². The Hall–Kier alpha value is -3.36. The lowest BCUT2D eigenvalue weighted by molar-refractivity contribution is -0.138. The van der Waals surface area contributed by atoms with Crippen LogP contribution >= 0.6 is 0 Å². The number of anilines is 2. The van der Waals surface area contributed by atoms with Crippen molar-refractivity contribution in [2.45, 2.75) is 38.7 Å². The predicted octanol–water partition coefficient (Wildman–Crippen LogP) is 2.73. The molecule has 30 heavy (non-hydrogen) atoms.